The number of aromatic nitrogens is 1. The van der Waals surface area contributed by atoms with Crippen molar-refractivity contribution in [2.75, 3.05) is 0 Å². The van der Waals surface area contributed by atoms with Gasteiger partial charge in [0.15, 0.2) is 0 Å². The fourth-order valence-corrected chi connectivity index (χ4v) is 3.43. The molecule has 0 amide bonds. The zero-order valence-electron chi connectivity index (χ0n) is 15.5. The van der Waals surface area contributed by atoms with Crippen LogP contribution in [0, 0.1) is 0 Å². The van der Waals surface area contributed by atoms with Crippen LogP contribution >= 0.6 is 0 Å². The van der Waals surface area contributed by atoms with Gasteiger partial charge in [-0.3, -0.25) is 14.0 Å². The van der Waals surface area contributed by atoms with Crippen LogP contribution in [0.3, 0.4) is 0 Å². The van der Waals surface area contributed by atoms with E-state index >= 15 is 0 Å². The molecule has 0 saturated heterocycles. The summed E-state index contributed by atoms with van der Waals surface area (Å²) < 4.78 is 7.26. The number of hydrogen-bond acceptors (Lipinski definition) is 3. The summed E-state index contributed by atoms with van der Waals surface area (Å²) in [4.78, 5) is 25.2. The molecule has 0 aliphatic rings. The lowest BCUT2D eigenvalue weighted by Gasteiger charge is -2.17. The Balaban J connectivity index is 2.08. The van der Waals surface area contributed by atoms with Crippen molar-refractivity contribution in [3.8, 4) is 16.9 Å². The summed E-state index contributed by atoms with van der Waals surface area (Å²) in [6.45, 7) is 1.36. The Hall–Kier alpha value is -3.66. The minimum absolute atomic E-state index is 0.185. The number of carbonyl (C=O) groups is 1. The molecule has 4 nitrogen and oxygen atoms in total. The first-order valence-corrected chi connectivity index (χ1v) is 9.09. The predicted octanol–water partition coefficient (Wildman–Crippen LogP) is 4.48. The zero-order valence-corrected chi connectivity index (χ0v) is 15.5. The first-order chi connectivity index (χ1) is 13.6. The lowest BCUT2D eigenvalue weighted by Crippen LogP contribution is -2.22. The fraction of sp³-hybridized carbons (Fsp3) is 0.0833. The van der Waals surface area contributed by atoms with Gasteiger partial charge in [-0.15, -0.1) is 0 Å². The van der Waals surface area contributed by atoms with Crippen LogP contribution in [0.2, 0.25) is 0 Å². The van der Waals surface area contributed by atoms with Crippen LogP contribution < -0.4 is 10.3 Å². The molecule has 4 aromatic rings. The van der Waals surface area contributed by atoms with Gasteiger partial charge in [0, 0.05) is 25.1 Å². The molecular weight excluding hydrogens is 350 g/mol. The van der Waals surface area contributed by atoms with Crippen LogP contribution in [0.5, 0.6) is 5.75 Å². The Morgan fingerprint density at radius 1 is 0.893 bits per heavy atom. The standard InChI is InChI=1S/C24H19NO3/c1-17(26)28-23-20(16-18-10-4-2-5-11-18)24(27)25-15-9-8-14-21(25)22(23)19-12-6-3-7-13-19/h2-15H,16H2,1H3. The van der Waals surface area contributed by atoms with E-state index in [1.807, 2.05) is 78.9 Å². The molecule has 0 unspecified atom stereocenters. The van der Waals surface area contributed by atoms with E-state index in [1.54, 1.807) is 10.6 Å². The molecule has 0 spiro atoms. The van der Waals surface area contributed by atoms with Crippen molar-refractivity contribution in [2.45, 2.75) is 13.3 Å². The van der Waals surface area contributed by atoms with E-state index in [0.29, 0.717) is 23.3 Å². The molecule has 138 valence electrons. The summed E-state index contributed by atoms with van der Waals surface area (Å²) in [6, 6.07) is 24.9. The van der Waals surface area contributed by atoms with Gasteiger partial charge in [0.1, 0.15) is 5.75 Å². The Morgan fingerprint density at radius 2 is 1.54 bits per heavy atom. The maximum absolute atomic E-state index is 13.3. The molecule has 2 aromatic carbocycles. The molecule has 2 heterocycles. The average Bonchev–Trinajstić information content (AvgIpc) is 2.72. The summed E-state index contributed by atoms with van der Waals surface area (Å²) in [5.74, 6) is -0.120. The predicted molar refractivity (Wildman–Crippen MR) is 110 cm³/mol. The summed E-state index contributed by atoms with van der Waals surface area (Å²) in [7, 11) is 0. The summed E-state index contributed by atoms with van der Waals surface area (Å²) in [5, 5.41) is 0. The van der Waals surface area contributed by atoms with E-state index in [2.05, 4.69) is 0 Å². The number of benzene rings is 2. The minimum atomic E-state index is -0.453. The molecule has 4 heteroatoms. The second kappa shape index (κ2) is 7.53. The Kier molecular flexibility index (Phi) is 4.77. The van der Waals surface area contributed by atoms with E-state index < -0.39 is 5.97 Å². The molecule has 0 atom stereocenters. The molecule has 0 saturated carbocycles. The number of ether oxygens (including phenoxy) is 1. The van der Waals surface area contributed by atoms with Crippen LogP contribution in [0.4, 0.5) is 0 Å². The van der Waals surface area contributed by atoms with Gasteiger partial charge >= 0.3 is 5.97 Å². The quantitative estimate of drug-likeness (QED) is 0.498. The van der Waals surface area contributed by atoms with Gasteiger partial charge in [-0.2, -0.15) is 0 Å². The van der Waals surface area contributed by atoms with Crippen LogP contribution in [-0.2, 0) is 11.2 Å². The normalized spacial score (nSPS) is 10.8. The van der Waals surface area contributed by atoms with Crippen LogP contribution in [0.15, 0.2) is 89.9 Å². The average molecular weight is 369 g/mol. The van der Waals surface area contributed by atoms with Crippen molar-refractivity contribution in [1.29, 1.82) is 0 Å². The van der Waals surface area contributed by atoms with Gasteiger partial charge in [-0.05, 0) is 23.3 Å². The highest BCUT2D eigenvalue weighted by Gasteiger charge is 2.22. The van der Waals surface area contributed by atoms with Gasteiger partial charge < -0.3 is 4.74 Å². The van der Waals surface area contributed by atoms with Gasteiger partial charge in [0.25, 0.3) is 5.56 Å². The highest BCUT2D eigenvalue weighted by atomic mass is 16.5. The van der Waals surface area contributed by atoms with Crippen molar-refractivity contribution < 1.29 is 9.53 Å². The largest absolute Gasteiger partial charge is 0.425 e. The van der Waals surface area contributed by atoms with E-state index in [0.717, 1.165) is 16.7 Å². The monoisotopic (exact) mass is 369 g/mol. The van der Waals surface area contributed by atoms with Crippen molar-refractivity contribution >= 4 is 11.5 Å². The highest BCUT2D eigenvalue weighted by molar-refractivity contribution is 5.88. The fourth-order valence-electron chi connectivity index (χ4n) is 3.43. The van der Waals surface area contributed by atoms with Crippen LogP contribution in [0.25, 0.3) is 16.6 Å². The number of nitrogens with zero attached hydrogens (tertiary/aromatic N) is 1. The molecule has 0 N–H and O–H groups in total. The molecule has 0 bridgehead atoms. The van der Waals surface area contributed by atoms with Crippen molar-refractivity contribution in [2.24, 2.45) is 0 Å². The SMILES string of the molecule is CC(=O)Oc1c(Cc2ccccc2)c(=O)n2ccccc2c1-c1ccccc1. The summed E-state index contributed by atoms with van der Waals surface area (Å²) in [6.07, 6.45) is 2.12. The maximum atomic E-state index is 13.3. The van der Waals surface area contributed by atoms with Gasteiger partial charge in [-0.1, -0.05) is 66.7 Å². The van der Waals surface area contributed by atoms with Crippen LogP contribution in [-0.4, -0.2) is 10.4 Å². The van der Waals surface area contributed by atoms with Crippen molar-refractivity contribution in [1.82, 2.24) is 4.40 Å². The Morgan fingerprint density at radius 3 is 2.21 bits per heavy atom. The number of carbonyl (C=O) groups excluding carboxylic acids is 1. The number of rotatable bonds is 4. The highest BCUT2D eigenvalue weighted by Crippen LogP contribution is 2.36. The van der Waals surface area contributed by atoms with Gasteiger partial charge in [0.2, 0.25) is 0 Å². The molecule has 28 heavy (non-hydrogen) atoms. The summed E-state index contributed by atoms with van der Waals surface area (Å²) >= 11 is 0. The van der Waals surface area contributed by atoms with Gasteiger partial charge in [0.05, 0.1) is 11.1 Å². The maximum Gasteiger partial charge on any atom is 0.308 e. The first kappa shape index (κ1) is 17.7. The molecule has 4 rings (SSSR count). The lowest BCUT2D eigenvalue weighted by molar-refractivity contribution is -0.131. The van der Waals surface area contributed by atoms with E-state index in [1.165, 1.54) is 6.92 Å². The topological polar surface area (TPSA) is 47.8 Å². The Labute approximate surface area is 162 Å². The number of hydrogen-bond donors (Lipinski definition) is 0. The van der Waals surface area contributed by atoms with Crippen molar-refractivity contribution in [3.05, 3.63) is 107 Å². The van der Waals surface area contributed by atoms with Crippen LogP contribution in [0.1, 0.15) is 18.1 Å². The minimum Gasteiger partial charge on any atom is -0.425 e. The van der Waals surface area contributed by atoms with E-state index in [-0.39, 0.29) is 5.56 Å². The molecule has 0 radical (unpaired) electrons. The molecule has 0 aliphatic carbocycles. The Bertz CT molecular complexity index is 1200. The smallest absolute Gasteiger partial charge is 0.308 e. The third kappa shape index (κ3) is 3.32. The van der Waals surface area contributed by atoms with E-state index in [4.69, 9.17) is 4.74 Å². The molecule has 0 fully saturated rings. The van der Waals surface area contributed by atoms with Crippen molar-refractivity contribution in [3.63, 3.8) is 0 Å². The molecule has 0 aliphatic heterocycles. The number of pyridine rings is 2. The second-order valence-electron chi connectivity index (χ2n) is 6.57. The third-order valence-electron chi connectivity index (χ3n) is 4.63. The first-order valence-electron chi connectivity index (χ1n) is 9.09. The van der Waals surface area contributed by atoms with Gasteiger partial charge in [-0.25, -0.2) is 0 Å². The molecular formula is C24H19NO3. The molecule has 2 aromatic heterocycles. The summed E-state index contributed by atoms with van der Waals surface area (Å²) in [5.41, 5.74) is 3.58. The second-order valence-corrected chi connectivity index (χ2v) is 6.57. The van der Waals surface area contributed by atoms with E-state index in [9.17, 15) is 9.59 Å². The zero-order chi connectivity index (χ0) is 19.5. The lowest BCUT2D eigenvalue weighted by atomic mass is 9.97. The number of fused-ring (bicyclic) bond motifs is 1. The number of esters is 1. The third-order valence-corrected chi connectivity index (χ3v) is 4.63.